The number of aliphatic carboxylic acids is 1. The van der Waals surface area contributed by atoms with Gasteiger partial charge in [-0.1, -0.05) is 33.6 Å². The quantitative estimate of drug-likeness (QED) is 0.791. The van der Waals surface area contributed by atoms with E-state index in [1.165, 1.54) is 0 Å². The number of hydrogen-bond acceptors (Lipinski definition) is 2. The van der Waals surface area contributed by atoms with Crippen LogP contribution < -0.4 is 5.32 Å². The number of rotatable bonds is 4. The number of hydrogen-bond donors (Lipinski definition) is 2. The van der Waals surface area contributed by atoms with Crippen LogP contribution in [0.25, 0.3) is 0 Å². The summed E-state index contributed by atoms with van der Waals surface area (Å²) in [5.74, 6) is -0.995. The van der Waals surface area contributed by atoms with Crippen LogP contribution in [0.5, 0.6) is 0 Å². The van der Waals surface area contributed by atoms with E-state index < -0.39 is 11.9 Å². The first-order valence-electron chi connectivity index (χ1n) is 6.46. The molecule has 0 heterocycles. The topological polar surface area (TPSA) is 66.4 Å². The summed E-state index contributed by atoms with van der Waals surface area (Å²) in [6.07, 6.45) is 3.41. The highest BCUT2D eigenvalue weighted by atomic mass is 16.4. The summed E-state index contributed by atoms with van der Waals surface area (Å²) in [6.45, 7) is 5.89. The standard InChI is InChI=1S/C13H23NO3/c1-8(2)9(3)12(15)14-11-7-5-4-6-10(11)13(16)17/h8-11H,4-7H2,1-3H3,(H,14,15)(H,16,17). The van der Waals surface area contributed by atoms with E-state index in [9.17, 15) is 9.59 Å². The van der Waals surface area contributed by atoms with E-state index in [1.54, 1.807) is 0 Å². The van der Waals surface area contributed by atoms with E-state index in [1.807, 2.05) is 20.8 Å². The van der Waals surface area contributed by atoms with Crippen LogP contribution in [0.4, 0.5) is 0 Å². The molecule has 4 nitrogen and oxygen atoms in total. The molecule has 4 heteroatoms. The molecular formula is C13H23NO3. The Morgan fingerprint density at radius 2 is 1.76 bits per heavy atom. The van der Waals surface area contributed by atoms with Gasteiger partial charge in [0.1, 0.15) is 0 Å². The molecule has 1 fully saturated rings. The van der Waals surface area contributed by atoms with Gasteiger partial charge in [-0.2, -0.15) is 0 Å². The van der Waals surface area contributed by atoms with Gasteiger partial charge in [0.05, 0.1) is 5.92 Å². The molecule has 2 N–H and O–H groups in total. The smallest absolute Gasteiger partial charge is 0.308 e. The Balaban J connectivity index is 2.59. The predicted octanol–water partition coefficient (Wildman–Crippen LogP) is 2.04. The number of carboxylic acid groups (broad SMARTS) is 1. The molecule has 98 valence electrons. The molecule has 1 rings (SSSR count). The average molecular weight is 241 g/mol. The minimum Gasteiger partial charge on any atom is -0.481 e. The van der Waals surface area contributed by atoms with Crippen molar-refractivity contribution in [2.24, 2.45) is 17.8 Å². The van der Waals surface area contributed by atoms with Crippen molar-refractivity contribution in [1.82, 2.24) is 5.32 Å². The highest BCUT2D eigenvalue weighted by Gasteiger charge is 2.32. The maximum atomic E-state index is 11.9. The second kappa shape index (κ2) is 6.03. The lowest BCUT2D eigenvalue weighted by Gasteiger charge is -2.30. The second-order valence-corrected chi connectivity index (χ2v) is 5.38. The predicted molar refractivity (Wildman–Crippen MR) is 65.5 cm³/mol. The van der Waals surface area contributed by atoms with E-state index in [4.69, 9.17) is 5.11 Å². The fraction of sp³-hybridized carbons (Fsp3) is 0.846. The lowest BCUT2D eigenvalue weighted by Crippen LogP contribution is -2.47. The third kappa shape index (κ3) is 3.72. The van der Waals surface area contributed by atoms with Crippen molar-refractivity contribution >= 4 is 11.9 Å². The number of carbonyl (C=O) groups excluding carboxylic acids is 1. The zero-order valence-corrected chi connectivity index (χ0v) is 10.9. The normalized spacial score (nSPS) is 26.6. The minimum atomic E-state index is -0.785. The van der Waals surface area contributed by atoms with Crippen LogP contribution in [-0.4, -0.2) is 23.0 Å². The van der Waals surface area contributed by atoms with E-state index in [-0.39, 0.29) is 23.8 Å². The van der Waals surface area contributed by atoms with Gasteiger partial charge >= 0.3 is 5.97 Å². The van der Waals surface area contributed by atoms with Gasteiger partial charge < -0.3 is 10.4 Å². The van der Waals surface area contributed by atoms with Crippen molar-refractivity contribution in [2.75, 3.05) is 0 Å². The van der Waals surface area contributed by atoms with Gasteiger partial charge in [-0.3, -0.25) is 9.59 Å². The lowest BCUT2D eigenvalue weighted by atomic mass is 9.84. The summed E-state index contributed by atoms with van der Waals surface area (Å²) in [5, 5.41) is 12.0. The molecule has 0 aromatic rings. The van der Waals surface area contributed by atoms with Crippen molar-refractivity contribution in [3.05, 3.63) is 0 Å². The summed E-state index contributed by atoms with van der Waals surface area (Å²) < 4.78 is 0. The van der Waals surface area contributed by atoms with Crippen molar-refractivity contribution in [3.8, 4) is 0 Å². The molecular weight excluding hydrogens is 218 g/mol. The maximum Gasteiger partial charge on any atom is 0.308 e. The van der Waals surface area contributed by atoms with Gasteiger partial charge in [0.2, 0.25) is 5.91 Å². The van der Waals surface area contributed by atoms with Gasteiger partial charge in [0.15, 0.2) is 0 Å². The largest absolute Gasteiger partial charge is 0.481 e. The molecule has 0 spiro atoms. The van der Waals surface area contributed by atoms with Crippen molar-refractivity contribution in [2.45, 2.75) is 52.5 Å². The second-order valence-electron chi connectivity index (χ2n) is 5.38. The van der Waals surface area contributed by atoms with E-state index >= 15 is 0 Å². The molecule has 0 aromatic carbocycles. The zero-order valence-electron chi connectivity index (χ0n) is 10.9. The van der Waals surface area contributed by atoms with Crippen LogP contribution in [0.1, 0.15) is 46.5 Å². The summed E-state index contributed by atoms with van der Waals surface area (Å²) in [7, 11) is 0. The van der Waals surface area contributed by atoms with Gasteiger partial charge in [0.25, 0.3) is 0 Å². The Morgan fingerprint density at radius 1 is 1.18 bits per heavy atom. The van der Waals surface area contributed by atoms with Gasteiger partial charge in [-0.25, -0.2) is 0 Å². The first kappa shape index (κ1) is 14.0. The average Bonchev–Trinajstić information content (AvgIpc) is 2.28. The lowest BCUT2D eigenvalue weighted by molar-refractivity contribution is -0.144. The van der Waals surface area contributed by atoms with E-state index in [2.05, 4.69) is 5.32 Å². The van der Waals surface area contributed by atoms with Gasteiger partial charge in [-0.15, -0.1) is 0 Å². The summed E-state index contributed by atoms with van der Waals surface area (Å²) in [5.41, 5.74) is 0. The Labute approximate surface area is 103 Å². The third-order valence-corrected chi connectivity index (χ3v) is 3.82. The zero-order chi connectivity index (χ0) is 13.0. The molecule has 1 saturated carbocycles. The Morgan fingerprint density at radius 3 is 2.29 bits per heavy atom. The molecule has 0 saturated heterocycles. The summed E-state index contributed by atoms with van der Waals surface area (Å²) in [6, 6.07) is -0.185. The molecule has 0 aliphatic heterocycles. The number of nitrogens with one attached hydrogen (secondary N) is 1. The highest BCUT2D eigenvalue weighted by molar-refractivity contribution is 5.80. The molecule has 3 atom stereocenters. The van der Waals surface area contributed by atoms with Crippen molar-refractivity contribution < 1.29 is 14.7 Å². The SMILES string of the molecule is CC(C)C(C)C(=O)NC1CCCCC1C(=O)O. The molecule has 0 aromatic heterocycles. The van der Waals surface area contributed by atoms with Gasteiger partial charge in [-0.05, 0) is 18.8 Å². The fourth-order valence-corrected chi connectivity index (χ4v) is 2.22. The third-order valence-electron chi connectivity index (χ3n) is 3.82. The van der Waals surface area contributed by atoms with Crippen LogP contribution in [0.3, 0.4) is 0 Å². The van der Waals surface area contributed by atoms with Gasteiger partial charge in [0, 0.05) is 12.0 Å². The molecule has 1 amide bonds. The van der Waals surface area contributed by atoms with Crippen molar-refractivity contribution in [3.63, 3.8) is 0 Å². The Hall–Kier alpha value is -1.06. The Bertz CT molecular complexity index is 288. The molecule has 1 aliphatic rings. The first-order chi connectivity index (χ1) is 7.93. The molecule has 1 aliphatic carbocycles. The molecule has 3 unspecified atom stereocenters. The number of carboxylic acids is 1. The Kier molecular flexibility index (Phi) is 4.97. The number of amides is 1. The maximum absolute atomic E-state index is 11.9. The first-order valence-corrected chi connectivity index (χ1v) is 6.46. The number of carbonyl (C=O) groups is 2. The van der Waals surface area contributed by atoms with E-state index in [0.717, 1.165) is 19.3 Å². The summed E-state index contributed by atoms with van der Waals surface area (Å²) in [4.78, 5) is 23.0. The van der Waals surface area contributed by atoms with Crippen LogP contribution >= 0.6 is 0 Å². The van der Waals surface area contributed by atoms with Crippen LogP contribution in [0.2, 0.25) is 0 Å². The van der Waals surface area contributed by atoms with E-state index in [0.29, 0.717) is 6.42 Å². The molecule has 0 bridgehead atoms. The monoisotopic (exact) mass is 241 g/mol. The van der Waals surface area contributed by atoms with Crippen LogP contribution in [0.15, 0.2) is 0 Å². The fourth-order valence-electron chi connectivity index (χ4n) is 2.22. The van der Waals surface area contributed by atoms with Crippen molar-refractivity contribution in [1.29, 1.82) is 0 Å². The molecule has 0 radical (unpaired) electrons. The highest BCUT2D eigenvalue weighted by Crippen LogP contribution is 2.25. The van der Waals surface area contributed by atoms with Crippen LogP contribution in [0, 0.1) is 17.8 Å². The summed E-state index contributed by atoms with van der Waals surface area (Å²) >= 11 is 0. The molecule has 17 heavy (non-hydrogen) atoms. The van der Waals surface area contributed by atoms with Crippen LogP contribution in [-0.2, 0) is 9.59 Å². The minimum absolute atomic E-state index is 0.0156.